The summed E-state index contributed by atoms with van der Waals surface area (Å²) in [6, 6.07) is 10.6. The molecule has 0 saturated carbocycles. The number of nitrogens with two attached hydrogens (primary N) is 1. The number of imidazole rings is 1. The number of benzene rings is 2. The van der Waals surface area contributed by atoms with E-state index >= 15 is 0 Å². The van der Waals surface area contributed by atoms with Gasteiger partial charge in [0, 0.05) is 12.7 Å². The molecule has 0 aliphatic carbocycles. The lowest BCUT2D eigenvalue weighted by molar-refractivity contribution is 0.0835. The maximum atomic E-state index is 13.5. The van der Waals surface area contributed by atoms with Crippen molar-refractivity contribution in [2.45, 2.75) is 0 Å². The summed E-state index contributed by atoms with van der Waals surface area (Å²) >= 11 is 0. The van der Waals surface area contributed by atoms with Crippen LogP contribution in [0.2, 0.25) is 0 Å². The van der Waals surface area contributed by atoms with E-state index in [1.54, 1.807) is 25.2 Å². The van der Waals surface area contributed by atoms with Crippen molar-refractivity contribution in [2.75, 3.05) is 12.3 Å². The fraction of sp³-hybridized carbons (Fsp3) is 0.125. The van der Waals surface area contributed by atoms with Gasteiger partial charge in [0.2, 0.25) is 0 Å². The van der Waals surface area contributed by atoms with Gasteiger partial charge in [0.1, 0.15) is 0 Å². The third kappa shape index (κ3) is 2.57. The number of halogens is 1. The lowest BCUT2D eigenvalue weighted by Gasteiger charge is -2.07. The number of carbonyl (C=O) groups is 1. The molecule has 118 valence electrons. The molecule has 0 atom stereocenters. The van der Waals surface area contributed by atoms with E-state index in [2.05, 4.69) is 0 Å². The van der Waals surface area contributed by atoms with E-state index in [4.69, 9.17) is 10.5 Å². The molecule has 3 aromatic rings. The van der Waals surface area contributed by atoms with Gasteiger partial charge in [0.05, 0.1) is 11.0 Å². The molecule has 0 saturated heterocycles. The highest BCUT2D eigenvalue weighted by Crippen LogP contribution is 2.17. The SMILES string of the molecule is Cn1c(=O)n(C(=O)COc2ccccc2F)c2cc(N)ccc21. The molecular formula is C16H14FN3O3. The van der Waals surface area contributed by atoms with Gasteiger partial charge in [-0.1, -0.05) is 12.1 Å². The van der Waals surface area contributed by atoms with Crippen molar-refractivity contribution in [3.8, 4) is 5.75 Å². The van der Waals surface area contributed by atoms with Crippen molar-refractivity contribution >= 4 is 22.6 Å². The third-order valence-electron chi connectivity index (χ3n) is 3.52. The summed E-state index contributed by atoms with van der Waals surface area (Å²) < 4.78 is 21.0. The van der Waals surface area contributed by atoms with Crippen molar-refractivity contribution in [2.24, 2.45) is 7.05 Å². The fourth-order valence-corrected chi connectivity index (χ4v) is 2.37. The zero-order chi connectivity index (χ0) is 16.6. The average Bonchev–Trinajstić information content (AvgIpc) is 2.77. The number of fused-ring (bicyclic) bond motifs is 1. The molecule has 7 heteroatoms. The van der Waals surface area contributed by atoms with Gasteiger partial charge >= 0.3 is 5.69 Å². The second-order valence-electron chi connectivity index (χ2n) is 5.04. The Bertz CT molecular complexity index is 959. The monoisotopic (exact) mass is 315 g/mol. The first kappa shape index (κ1) is 14.8. The molecule has 0 amide bonds. The fourth-order valence-electron chi connectivity index (χ4n) is 2.37. The van der Waals surface area contributed by atoms with Crippen LogP contribution in [0.5, 0.6) is 5.75 Å². The first-order valence-corrected chi connectivity index (χ1v) is 6.86. The second-order valence-corrected chi connectivity index (χ2v) is 5.04. The zero-order valence-electron chi connectivity index (χ0n) is 12.3. The first-order valence-electron chi connectivity index (χ1n) is 6.86. The summed E-state index contributed by atoms with van der Waals surface area (Å²) in [5.74, 6) is -1.22. The number of carbonyl (C=O) groups excluding carboxylic acids is 1. The van der Waals surface area contributed by atoms with Crippen molar-refractivity contribution < 1.29 is 13.9 Å². The summed E-state index contributed by atoms with van der Waals surface area (Å²) in [5.41, 5.74) is 6.61. The summed E-state index contributed by atoms with van der Waals surface area (Å²) in [7, 11) is 1.56. The molecule has 3 rings (SSSR count). The number of hydrogen-bond acceptors (Lipinski definition) is 4. The number of nitrogen functional groups attached to an aromatic ring is 1. The molecule has 0 aliphatic heterocycles. The van der Waals surface area contributed by atoms with Gasteiger partial charge in [-0.05, 0) is 30.3 Å². The number of anilines is 1. The molecule has 2 N–H and O–H groups in total. The van der Waals surface area contributed by atoms with Gasteiger partial charge in [-0.15, -0.1) is 0 Å². The van der Waals surface area contributed by atoms with E-state index in [0.29, 0.717) is 16.7 Å². The quantitative estimate of drug-likeness (QED) is 0.747. The molecule has 0 bridgehead atoms. The Hall–Kier alpha value is -3.09. The Balaban J connectivity index is 1.95. The van der Waals surface area contributed by atoms with E-state index < -0.39 is 24.0 Å². The van der Waals surface area contributed by atoms with E-state index in [9.17, 15) is 14.0 Å². The van der Waals surface area contributed by atoms with Gasteiger partial charge in [0.15, 0.2) is 18.2 Å². The molecule has 0 unspecified atom stereocenters. The number of aryl methyl sites for hydroxylation is 1. The zero-order valence-corrected chi connectivity index (χ0v) is 12.3. The van der Waals surface area contributed by atoms with Crippen LogP contribution >= 0.6 is 0 Å². The van der Waals surface area contributed by atoms with Crippen LogP contribution in [0.15, 0.2) is 47.3 Å². The minimum atomic E-state index is -0.602. The smallest absolute Gasteiger partial charge is 0.335 e. The minimum Gasteiger partial charge on any atom is -0.481 e. The lowest BCUT2D eigenvalue weighted by atomic mass is 10.3. The molecule has 23 heavy (non-hydrogen) atoms. The Kier molecular flexibility index (Phi) is 3.61. The number of rotatable bonds is 3. The molecule has 0 aliphatic rings. The topological polar surface area (TPSA) is 79.2 Å². The molecule has 0 spiro atoms. The van der Waals surface area contributed by atoms with E-state index in [1.807, 2.05) is 0 Å². The molecule has 0 fully saturated rings. The minimum absolute atomic E-state index is 0.0475. The Morgan fingerprint density at radius 3 is 2.70 bits per heavy atom. The summed E-state index contributed by atoms with van der Waals surface area (Å²) in [6.45, 7) is -0.464. The Morgan fingerprint density at radius 1 is 1.22 bits per heavy atom. The van der Waals surface area contributed by atoms with Crippen LogP contribution in [0, 0.1) is 5.82 Å². The molecular weight excluding hydrogens is 301 g/mol. The van der Waals surface area contributed by atoms with Crippen molar-refractivity contribution in [1.29, 1.82) is 0 Å². The van der Waals surface area contributed by atoms with Crippen LogP contribution < -0.4 is 16.2 Å². The van der Waals surface area contributed by atoms with Gasteiger partial charge in [-0.2, -0.15) is 0 Å². The maximum absolute atomic E-state index is 13.5. The van der Waals surface area contributed by atoms with Crippen LogP contribution in [0.3, 0.4) is 0 Å². The van der Waals surface area contributed by atoms with Gasteiger partial charge in [0.25, 0.3) is 5.91 Å². The lowest BCUT2D eigenvalue weighted by Crippen LogP contribution is -2.31. The normalized spacial score (nSPS) is 10.9. The van der Waals surface area contributed by atoms with Crippen LogP contribution in [-0.4, -0.2) is 21.6 Å². The predicted molar refractivity (Wildman–Crippen MR) is 84.1 cm³/mol. The third-order valence-corrected chi connectivity index (χ3v) is 3.52. The number of aromatic nitrogens is 2. The first-order chi connectivity index (χ1) is 11.0. The predicted octanol–water partition coefficient (Wildman–Crippen LogP) is 1.78. The summed E-state index contributed by atoms with van der Waals surface area (Å²) in [4.78, 5) is 24.6. The van der Waals surface area contributed by atoms with Gasteiger partial charge in [-0.25, -0.2) is 13.8 Å². The van der Waals surface area contributed by atoms with Crippen molar-refractivity contribution in [3.63, 3.8) is 0 Å². The molecule has 2 aromatic carbocycles. The van der Waals surface area contributed by atoms with E-state index in [0.717, 1.165) is 4.57 Å². The average molecular weight is 315 g/mol. The Labute approximate surface area is 130 Å². The maximum Gasteiger partial charge on any atom is 0.335 e. The molecule has 6 nitrogen and oxygen atoms in total. The molecule has 1 aromatic heterocycles. The standard InChI is InChI=1S/C16H14FN3O3/c1-19-12-7-6-10(18)8-13(12)20(16(19)22)15(21)9-23-14-5-3-2-4-11(14)17/h2-8H,9,18H2,1H3. The van der Waals surface area contributed by atoms with E-state index in [-0.39, 0.29) is 5.75 Å². The van der Waals surface area contributed by atoms with Crippen molar-refractivity contribution in [3.05, 3.63) is 58.8 Å². The number of para-hydroxylation sites is 1. The van der Waals surface area contributed by atoms with Gasteiger partial charge < -0.3 is 10.5 Å². The Morgan fingerprint density at radius 2 is 1.96 bits per heavy atom. The van der Waals surface area contributed by atoms with Gasteiger partial charge in [-0.3, -0.25) is 9.36 Å². The van der Waals surface area contributed by atoms with E-state index in [1.165, 1.54) is 28.8 Å². The summed E-state index contributed by atoms with van der Waals surface area (Å²) in [6.07, 6.45) is 0. The summed E-state index contributed by atoms with van der Waals surface area (Å²) in [5, 5.41) is 0. The van der Waals surface area contributed by atoms with Crippen molar-refractivity contribution in [1.82, 2.24) is 9.13 Å². The van der Waals surface area contributed by atoms with Crippen LogP contribution in [0.1, 0.15) is 4.79 Å². The molecule has 0 radical (unpaired) electrons. The van der Waals surface area contributed by atoms with Crippen LogP contribution in [-0.2, 0) is 7.05 Å². The molecule has 1 heterocycles. The highest BCUT2D eigenvalue weighted by Gasteiger charge is 2.18. The second kappa shape index (κ2) is 5.60. The number of hydrogen-bond donors (Lipinski definition) is 1. The number of ether oxygens (including phenoxy) is 1. The van der Waals surface area contributed by atoms with Crippen LogP contribution in [0.4, 0.5) is 10.1 Å². The largest absolute Gasteiger partial charge is 0.481 e. The van der Waals surface area contributed by atoms with Crippen LogP contribution in [0.25, 0.3) is 11.0 Å². The highest BCUT2D eigenvalue weighted by molar-refractivity contribution is 5.92. The number of nitrogens with zero attached hydrogens (tertiary/aromatic N) is 2. The highest BCUT2D eigenvalue weighted by atomic mass is 19.1.